The monoisotopic (exact) mass is 321 g/mol. The number of hydrogen-bond acceptors (Lipinski definition) is 4. The molecule has 0 radical (unpaired) electrons. The number of nitrogens with one attached hydrogen (secondary N) is 1. The minimum absolute atomic E-state index is 0.318. The zero-order valence-corrected chi connectivity index (χ0v) is 13.1. The van der Waals surface area contributed by atoms with Gasteiger partial charge in [-0.3, -0.25) is 10.1 Å². The molecule has 118 valence electrons. The molecule has 3 N–H and O–H groups in total. The Morgan fingerprint density at radius 1 is 1.36 bits per heavy atom. The number of carbonyl (C=O) groups excluding carboxylic acids is 2. The number of amides is 3. The Hall–Kier alpha value is -2.12. The lowest BCUT2D eigenvalue weighted by Gasteiger charge is -2.19. The Morgan fingerprint density at radius 2 is 2.05 bits per heavy atom. The Bertz CT molecular complexity index is 599. The van der Waals surface area contributed by atoms with Gasteiger partial charge in [-0.05, 0) is 12.0 Å². The SMILES string of the molecule is C=CCN(CC=C)C(=O)Nc1sc2c(c1C(N)=O)CCOC2. The van der Waals surface area contributed by atoms with Gasteiger partial charge in [0.25, 0.3) is 5.91 Å². The Labute approximate surface area is 133 Å². The molecule has 0 saturated heterocycles. The predicted octanol–water partition coefficient (Wildman–Crippen LogP) is 2.13. The number of fused-ring (bicyclic) bond motifs is 1. The van der Waals surface area contributed by atoms with Crippen LogP contribution in [0.3, 0.4) is 0 Å². The van der Waals surface area contributed by atoms with Gasteiger partial charge >= 0.3 is 6.03 Å². The van der Waals surface area contributed by atoms with E-state index in [0.29, 0.717) is 43.3 Å². The molecule has 0 aromatic carbocycles. The van der Waals surface area contributed by atoms with Crippen LogP contribution < -0.4 is 11.1 Å². The van der Waals surface area contributed by atoms with Crippen molar-refractivity contribution in [2.24, 2.45) is 5.73 Å². The summed E-state index contributed by atoms with van der Waals surface area (Å²) in [6.45, 7) is 9.02. The summed E-state index contributed by atoms with van der Waals surface area (Å²) in [7, 11) is 0. The first-order valence-corrected chi connectivity index (χ1v) is 7.70. The van der Waals surface area contributed by atoms with E-state index in [2.05, 4.69) is 18.5 Å². The summed E-state index contributed by atoms with van der Waals surface area (Å²) in [5.74, 6) is -0.534. The summed E-state index contributed by atoms with van der Waals surface area (Å²) < 4.78 is 5.38. The highest BCUT2D eigenvalue weighted by atomic mass is 32.1. The van der Waals surface area contributed by atoms with Crippen LogP contribution in [-0.4, -0.2) is 36.5 Å². The van der Waals surface area contributed by atoms with Crippen molar-refractivity contribution in [1.82, 2.24) is 4.90 Å². The van der Waals surface area contributed by atoms with Crippen LogP contribution in [0.25, 0.3) is 0 Å². The summed E-state index contributed by atoms with van der Waals surface area (Å²) in [5.41, 5.74) is 6.77. The Morgan fingerprint density at radius 3 is 2.64 bits per heavy atom. The lowest BCUT2D eigenvalue weighted by atomic mass is 10.1. The maximum atomic E-state index is 12.3. The predicted molar refractivity (Wildman–Crippen MR) is 87.2 cm³/mol. The van der Waals surface area contributed by atoms with E-state index in [1.54, 1.807) is 12.2 Å². The lowest BCUT2D eigenvalue weighted by molar-refractivity contribution is 0.0991. The number of nitrogens with zero attached hydrogens (tertiary/aromatic N) is 1. The van der Waals surface area contributed by atoms with Crippen molar-refractivity contribution in [2.45, 2.75) is 13.0 Å². The van der Waals surface area contributed by atoms with Gasteiger partial charge in [0.15, 0.2) is 0 Å². The molecule has 0 saturated carbocycles. The molecule has 1 aromatic heterocycles. The van der Waals surface area contributed by atoms with E-state index in [4.69, 9.17) is 10.5 Å². The molecule has 0 bridgehead atoms. The van der Waals surface area contributed by atoms with Crippen LogP contribution in [0.1, 0.15) is 20.8 Å². The van der Waals surface area contributed by atoms with E-state index in [0.717, 1.165) is 10.4 Å². The first-order valence-electron chi connectivity index (χ1n) is 6.88. The second kappa shape index (κ2) is 7.24. The van der Waals surface area contributed by atoms with E-state index in [1.807, 2.05) is 0 Å². The van der Waals surface area contributed by atoms with Gasteiger partial charge in [0, 0.05) is 18.0 Å². The molecule has 1 aliphatic heterocycles. The summed E-state index contributed by atoms with van der Waals surface area (Å²) in [6.07, 6.45) is 3.89. The fourth-order valence-corrected chi connectivity index (χ4v) is 3.49. The van der Waals surface area contributed by atoms with Crippen molar-refractivity contribution in [3.8, 4) is 0 Å². The quantitative estimate of drug-likeness (QED) is 0.787. The summed E-state index contributed by atoms with van der Waals surface area (Å²) in [6, 6.07) is -0.318. The molecule has 0 unspecified atom stereocenters. The standard InChI is InChI=1S/C15H19N3O3S/c1-3-6-18(7-4-2)15(20)17-14-12(13(16)19)10-5-8-21-9-11(10)22-14/h3-4H,1-2,5-9H2,(H2,16,19)(H,17,20). The molecule has 1 aromatic rings. The van der Waals surface area contributed by atoms with Gasteiger partial charge < -0.3 is 15.4 Å². The van der Waals surface area contributed by atoms with Gasteiger partial charge in [0.1, 0.15) is 5.00 Å². The topological polar surface area (TPSA) is 84.7 Å². The highest BCUT2D eigenvalue weighted by Gasteiger charge is 2.26. The van der Waals surface area contributed by atoms with Crippen molar-refractivity contribution >= 4 is 28.3 Å². The molecule has 0 aliphatic carbocycles. The van der Waals surface area contributed by atoms with Crippen molar-refractivity contribution < 1.29 is 14.3 Å². The van der Waals surface area contributed by atoms with Crippen LogP contribution in [0.2, 0.25) is 0 Å². The molecule has 0 fully saturated rings. The zero-order chi connectivity index (χ0) is 16.1. The molecule has 7 heteroatoms. The van der Waals surface area contributed by atoms with Gasteiger partial charge in [-0.25, -0.2) is 4.79 Å². The molecule has 2 heterocycles. The number of thiophene rings is 1. The fraction of sp³-hybridized carbons (Fsp3) is 0.333. The minimum atomic E-state index is -0.534. The number of ether oxygens (including phenoxy) is 1. The van der Waals surface area contributed by atoms with Crippen LogP contribution in [0.4, 0.5) is 9.80 Å². The molecule has 3 amide bonds. The lowest BCUT2D eigenvalue weighted by Crippen LogP contribution is -2.35. The average molecular weight is 321 g/mol. The third-order valence-electron chi connectivity index (χ3n) is 3.27. The number of anilines is 1. The highest BCUT2D eigenvalue weighted by Crippen LogP contribution is 2.36. The minimum Gasteiger partial charge on any atom is -0.376 e. The molecule has 0 atom stereocenters. The van der Waals surface area contributed by atoms with Crippen LogP contribution in [0.15, 0.2) is 25.3 Å². The molecule has 0 spiro atoms. The smallest absolute Gasteiger partial charge is 0.323 e. The largest absolute Gasteiger partial charge is 0.376 e. The van der Waals surface area contributed by atoms with Crippen molar-refractivity contribution in [2.75, 3.05) is 25.0 Å². The zero-order valence-electron chi connectivity index (χ0n) is 12.3. The molecular formula is C15H19N3O3S. The van der Waals surface area contributed by atoms with Crippen LogP contribution >= 0.6 is 11.3 Å². The van der Waals surface area contributed by atoms with Gasteiger partial charge in [-0.1, -0.05) is 12.2 Å². The second-order valence-electron chi connectivity index (χ2n) is 4.79. The van der Waals surface area contributed by atoms with Crippen LogP contribution in [0.5, 0.6) is 0 Å². The van der Waals surface area contributed by atoms with Crippen LogP contribution in [0, 0.1) is 0 Å². The maximum Gasteiger partial charge on any atom is 0.323 e. The third-order valence-corrected chi connectivity index (χ3v) is 4.39. The van der Waals surface area contributed by atoms with Gasteiger partial charge in [0.05, 0.1) is 18.8 Å². The van der Waals surface area contributed by atoms with E-state index in [1.165, 1.54) is 16.2 Å². The summed E-state index contributed by atoms with van der Waals surface area (Å²) >= 11 is 1.34. The molecule has 1 aliphatic rings. The fourth-order valence-electron chi connectivity index (χ4n) is 2.31. The van der Waals surface area contributed by atoms with E-state index in [9.17, 15) is 9.59 Å². The van der Waals surface area contributed by atoms with Crippen molar-refractivity contribution in [1.29, 1.82) is 0 Å². The van der Waals surface area contributed by atoms with Gasteiger partial charge in [-0.2, -0.15) is 0 Å². The first kappa shape index (κ1) is 16.3. The van der Waals surface area contributed by atoms with Crippen LogP contribution in [-0.2, 0) is 17.8 Å². The van der Waals surface area contributed by atoms with Gasteiger partial charge in [0.2, 0.25) is 0 Å². The number of rotatable bonds is 6. The molecule has 6 nitrogen and oxygen atoms in total. The molecule has 2 rings (SSSR count). The second-order valence-corrected chi connectivity index (χ2v) is 5.89. The number of hydrogen-bond donors (Lipinski definition) is 2. The summed E-state index contributed by atoms with van der Waals surface area (Å²) in [4.78, 5) is 26.5. The highest BCUT2D eigenvalue weighted by molar-refractivity contribution is 7.17. The first-order chi connectivity index (χ1) is 10.6. The normalized spacial score (nSPS) is 13.1. The van der Waals surface area contributed by atoms with Gasteiger partial charge in [-0.15, -0.1) is 24.5 Å². The van der Waals surface area contributed by atoms with Crippen molar-refractivity contribution in [3.05, 3.63) is 41.3 Å². The Balaban J connectivity index is 2.26. The van der Waals surface area contributed by atoms with E-state index >= 15 is 0 Å². The van der Waals surface area contributed by atoms with E-state index in [-0.39, 0.29) is 6.03 Å². The third kappa shape index (κ3) is 3.37. The molecule has 22 heavy (non-hydrogen) atoms. The molecular weight excluding hydrogens is 302 g/mol. The van der Waals surface area contributed by atoms with Crippen molar-refractivity contribution in [3.63, 3.8) is 0 Å². The maximum absolute atomic E-state index is 12.3. The number of carbonyl (C=O) groups is 2. The summed E-state index contributed by atoms with van der Waals surface area (Å²) in [5, 5.41) is 3.25. The van der Waals surface area contributed by atoms with E-state index < -0.39 is 5.91 Å². The Kier molecular flexibility index (Phi) is 5.35. The average Bonchev–Trinajstić information content (AvgIpc) is 2.84. The number of urea groups is 1. The number of primary amides is 1. The number of nitrogens with two attached hydrogens (primary N) is 1.